The van der Waals surface area contributed by atoms with E-state index in [9.17, 15) is 9.59 Å². The van der Waals surface area contributed by atoms with Gasteiger partial charge >= 0.3 is 0 Å². The molecule has 0 saturated heterocycles. The average molecular weight is 370 g/mol. The van der Waals surface area contributed by atoms with Gasteiger partial charge in [-0.15, -0.1) is 0 Å². The highest BCUT2D eigenvalue weighted by Crippen LogP contribution is 2.17. The van der Waals surface area contributed by atoms with Gasteiger partial charge in [-0.25, -0.2) is 4.68 Å². The van der Waals surface area contributed by atoms with Gasteiger partial charge in [-0.05, 0) is 55.5 Å². The van der Waals surface area contributed by atoms with Crippen LogP contribution in [-0.4, -0.2) is 21.5 Å². The molecule has 1 heterocycles. The molecule has 26 heavy (non-hydrogen) atoms. The van der Waals surface area contributed by atoms with Gasteiger partial charge in [-0.3, -0.25) is 9.59 Å². The maximum atomic E-state index is 12.3. The van der Waals surface area contributed by atoms with Crippen LogP contribution in [0.4, 0.5) is 5.69 Å². The summed E-state index contributed by atoms with van der Waals surface area (Å²) < 4.78 is 7.08. The molecule has 1 amide bonds. The minimum atomic E-state index is -0.345. The minimum Gasteiger partial charge on any atom is -0.471 e. The summed E-state index contributed by atoms with van der Waals surface area (Å²) in [4.78, 5) is 23.5. The summed E-state index contributed by atoms with van der Waals surface area (Å²) in [5.74, 6) is 0.243. The largest absolute Gasteiger partial charge is 0.471 e. The van der Waals surface area contributed by atoms with Crippen LogP contribution in [0, 0.1) is 0 Å². The van der Waals surface area contributed by atoms with Gasteiger partial charge in [0.2, 0.25) is 0 Å². The first-order valence-corrected chi connectivity index (χ1v) is 8.23. The standard InChI is InChI=1S/C19H16ClN3O3/c1-13(24)14-5-7-16(8-6-14)21-19(25)18-9-10-23(22-18)12-26-17-4-2-3-15(20)11-17/h2-11H,12H2,1H3,(H,21,25). The first kappa shape index (κ1) is 17.7. The SMILES string of the molecule is CC(=O)c1ccc(NC(=O)c2ccn(COc3cccc(Cl)c3)n2)cc1. The van der Waals surface area contributed by atoms with E-state index in [2.05, 4.69) is 10.4 Å². The van der Waals surface area contributed by atoms with E-state index < -0.39 is 0 Å². The van der Waals surface area contributed by atoms with Gasteiger partial charge in [0.15, 0.2) is 18.2 Å². The normalized spacial score (nSPS) is 10.4. The molecule has 7 heteroatoms. The lowest BCUT2D eigenvalue weighted by molar-refractivity contribution is 0.101. The number of ether oxygens (including phenoxy) is 1. The smallest absolute Gasteiger partial charge is 0.276 e. The molecule has 0 saturated carbocycles. The summed E-state index contributed by atoms with van der Waals surface area (Å²) in [6.45, 7) is 1.65. The number of nitrogens with one attached hydrogen (secondary N) is 1. The number of ketones is 1. The van der Waals surface area contributed by atoms with Gasteiger partial charge in [-0.1, -0.05) is 17.7 Å². The monoisotopic (exact) mass is 369 g/mol. The maximum Gasteiger partial charge on any atom is 0.276 e. The van der Waals surface area contributed by atoms with Crippen LogP contribution in [0.1, 0.15) is 27.8 Å². The average Bonchev–Trinajstić information content (AvgIpc) is 3.10. The van der Waals surface area contributed by atoms with E-state index in [-0.39, 0.29) is 24.1 Å². The second kappa shape index (κ2) is 7.84. The Hall–Kier alpha value is -3.12. The van der Waals surface area contributed by atoms with Crippen molar-refractivity contribution in [3.63, 3.8) is 0 Å². The van der Waals surface area contributed by atoms with E-state index >= 15 is 0 Å². The predicted molar refractivity (Wildman–Crippen MR) is 98.7 cm³/mol. The quantitative estimate of drug-likeness (QED) is 0.666. The molecule has 132 valence electrons. The highest BCUT2D eigenvalue weighted by Gasteiger charge is 2.10. The number of carbonyl (C=O) groups is 2. The molecule has 1 aromatic heterocycles. The van der Waals surface area contributed by atoms with Crippen molar-refractivity contribution in [3.8, 4) is 5.75 Å². The number of amides is 1. The van der Waals surface area contributed by atoms with Crippen LogP contribution in [-0.2, 0) is 6.73 Å². The lowest BCUT2D eigenvalue weighted by Gasteiger charge is -2.06. The number of hydrogen-bond acceptors (Lipinski definition) is 4. The summed E-state index contributed by atoms with van der Waals surface area (Å²) in [6, 6.07) is 15.3. The van der Waals surface area contributed by atoms with Gasteiger partial charge in [0.05, 0.1) is 0 Å². The van der Waals surface area contributed by atoms with Gasteiger partial charge in [0.1, 0.15) is 5.75 Å². The van der Waals surface area contributed by atoms with Gasteiger partial charge < -0.3 is 10.1 Å². The van der Waals surface area contributed by atoms with Crippen LogP contribution in [0.5, 0.6) is 5.75 Å². The number of anilines is 1. The molecule has 3 aromatic rings. The second-order valence-electron chi connectivity index (χ2n) is 5.56. The first-order valence-electron chi connectivity index (χ1n) is 7.85. The molecule has 0 bridgehead atoms. The first-order chi connectivity index (χ1) is 12.5. The number of hydrogen-bond donors (Lipinski definition) is 1. The van der Waals surface area contributed by atoms with Crippen molar-refractivity contribution in [2.24, 2.45) is 0 Å². The fraction of sp³-hybridized carbons (Fsp3) is 0.105. The van der Waals surface area contributed by atoms with Crippen molar-refractivity contribution in [3.05, 3.63) is 77.1 Å². The third kappa shape index (κ3) is 4.49. The summed E-state index contributed by atoms with van der Waals surface area (Å²) >= 11 is 5.90. The summed E-state index contributed by atoms with van der Waals surface area (Å²) in [6.07, 6.45) is 1.65. The number of Topliss-reactive ketones (excluding diaryl/α,β-unsaturated/α-hetero) is 1. The molecule has 3 rings (SSSR count). The lowest BCUT2D eigenvalue weighted by atomic mass is 10.1. The molecular formula is C19H16ClN3O3. The fourth-order valence-corrected chi connectivity index (χ4v) is 2.42. The number of carbonyl (C=O) groups excluding carboxylic acids is 2. The Balaban J connectivity index is 1.59. The Bertz CT molecular complexity index is 935. The van der Waals surface area contributed by atoms with Crippen LogP contribution in [0.2, 0.25) is 5.02 Å². The van der Waals surface area contributed by atoms with Crippen LogP contribution < -0.4 is 10.1 Å². The van der Waals surface area contributed by atoms with Crippen molar-refractivity contribution in [1.82, 2.24) is 9.78 Å². The number of nitrogens with zero attached hydrogens (tertiary/aromatic N) is 2. The molecule has 1 N–H and O–H groups in total. The van der Waals surface area contributed by atoms with Crippen molar-refractivity contribution in [2.45, 2.75) is 13.7 Å². The lowest BCUT2D eigenvalue weighted by Crippen LogP contribution is -2.14. The fourth-order valence-electron chi connectivity index (χ4n) is 2.24. The van der Waals surface area contributed by atoms with Crippen molar-refractivity contribution in [2.75, 3.05) is 5.32 Å². The molecular weight excluding hydrogens is 354 g/mol. The molecule has 6 nitrogen and oxygen atoms in total. The van der Waals surface area contributed by atoms with Crippen LogP contribution in [0.3, 0.4) is 0 Å². The number of aromatic nitrogens is 2. The number of rotatable bonds is 6. The molecule has 0 aliphatic carbocycles. The second-order valence-corrected chi connectivity index (χ2v) is 6.00. The molecule has 0 aliphatic rings. The molecule has 0 radical (unpaired) electrons. The number of halogens is 1. The molecule has 2 aromatic carbocycles. The zero-order valence-electron chi connectivity index (χ0n) is 14.0. The third-order valence-electron chi connectivity index (χ3n) is 3.58. The van der Waals surface area contributed by atoms with Crippen molar-refractivity contribution >= 4 is 29.0 Å². The minimum absolute atomic E-state index is 0.0266. The van der Waals surface area contributed by atoms with Crippen molar-refractivity contribution in [1.29, 1.82) is 0 Å². The Morgan fingerprint density at radius 1 is 1.15 bits per heavy atom. The number of benzene rings is 2. The van der Waals surface area contributed by atoms with Crippen LogP contribution in [0.25, 0.3) is 0 Å². The molecule has 0 atom stereocenters. The highest BCUT2D eigenvalue weighted by atomic mass is 35.5. The Morgan fingerprint density at radius 2 is 1.92 bits per heavy atom. The Labute approximate surface area is 155 Å². The van der Waals surface area contributed by atoms with E-state index in [0.717, 1.165) is 0 Å². The predicted octanol–water partition coefficient (Wildman–Crippen LogP) is 4.03. The van der Waals surface area contributed by atoms with E-state index in [1.807, 2.05) is 0 Å². The van der Waals surface area contributed by atoms with Crippen molar-refractivity contribution < 1.29 is 14.3 Å². The topological polar surface area (TPSA) is 73.2 Å². The van der Waals surface area contributed by atoms with E-state index in [1.165, 1.54) is 11.6 Å². The zero-order valence-corrected chi connectivity index (χ0v) is 14.7. The zero-order chi connectivity index (χ0) is 18.5. The van der Waals surface area contributed by atoms with E-state index in [1.54, 1.807) is 60.8 Å². The maximum absolute atomic E-state index is 12.3. The summed E-state index contributed by atoms with van der Waals surface area (Å²) in [5, 5.41) is 7.50. The summed E-state index contributed by atoms with van der Waals surface area (Å²) in [7, 11) is 0. The molecule has 0 fully saturated rings. The highest BCUT2D eigenvalue weighted by molar-refractivity contribution is 6.30. The molecule has 0 aliphatic heterocycles. The Kier molecular flexibility index (Phi) is 5.34. The van der Waals surface area contributed by atoms with Crippen LogP contribution in [0.15, 0.2) is 60.8 Å². The van der Waals surface area contributed by atoms with E-state index in [4.69, 9.17) is 16.3 Å². The molecule has 0 spiro atoms. The Morgan fingerprint density at radius 3 is 2.62 bits per heavy atom. The molecule has 0 unspecified atom stereocenters. The third-order valence-corrected chi connectivity index (χ3v) is 3.82. The van der Waals surface area contributed by atoms with Gasteiger partial charge in [-0.2, -0.15) is 5.10 Å². The summed E-state index contributed by atoms with van der Waals surface area (Å²) in [5.41, 5.74) is 1.44. The van der Waals surface area contributed by atoms with Gasteiger partial charge in [0.25, 0.3) is 5.91 Å². The van der Waals surface area contributed by atoms with E-state index in [0.29, 0.717) is 22.0 Å². The van der Waals surface area contributed by atoms with Gasteiger partial charge in [0, 0.05) is 22.5 Å². The van der Waals surface area contributed by atoms with Crippen LogP contribution >= 0.6 is 11.6 Å².